The number of nitrogens with zero attached hydrogens (tertiary/aromatic N) is 4. The van der Waals surface area contributed by atoms with Crippen LogP contribution in [0.1, 0.15) is 5.82 Å². The number of aryl methyl sites for hydroxylation is 1. The summed E-state index contributed by atoms with van der Waals surface area (Å²) in [5.41, 5.74) is 0. The topological polar surface area (TPSA) is 41.5 Å². The molecule has 3 heterocycles. The summed E-state index contributed by atoms with van der Waals surface area (Å²) >= 11 is 1.51. The monoisotopic (exact) mass is 254 g/mol. The van der Waals surface area contributed by atoms with Gasteiger partial charge in [0.2, 0.25) is 5.13 Å². The van der Waals surface area contributed by atoms with Crippen LogP contribution >= 0.6 is 11.5 Å². The second-order valence-corrected chi connectivity index (χ2v) is 5.79. The van der Waals surface area contributed by atoms with Crippen LogP contribution in [-0.2, 0) is 4.74 Å². The highest BCUT2D eigenvalue weighted by Crippen LogP contribution is 2.26. The van der Waals surface area contributed by atoms with E-state index in [-0.39, 0.29) is 0 Å². The van der Waals surface area contributed by atoms with E-state index in [1.807, 2.05) is 6.92 Å². The van der Waals surface area contributed by atoms with Crippen molar-refractivity contribution < 1.29 is 4.74 Å². The maximum Gasteiger partial charge on any atom is 0.205 e. The third-order valence-corrected chi connectivity index (χ3v) is 4.26. The fourth-order valence-electron chi connectivity index (χ4n) is 2.71. The van der Waals surface area contributed by atoms with Gasteiger partial charge in [-0.05, 0) is 14.0 Å². The fraction of sp³-hybridized carbons (Fsp3) is 0.818. The van der Waals surface area contributed by atoms with Gasteiger partial charge in [-0.3, -0.25) is 0 Å². The highest BCUT2D eigenvalue weighted by atomic mass is 32.1. The molecule has 2 bridgehead atoms. The van der Waals surface area contributed by atoms with E-state index in [9.17, 15) is 0 Å². The van der Waals surface area contributed by atoms with Gasteiger partial charge in [-0.2, -0.15) is 4.37 Å². The largest absolute Gasteiger partial charge is 0.379 e. The van der Waals surface area contributed by atoms with Gasteiger partial charge in [0, 0.05) is 37.1 Å². The maximum absolute atomic E-state index is 5.76. The van der Waals surface area contributed by atoms with E-state index in [1.165, 1.54) is 11.5 Å². The zero-order valence-corrected chi connectivity index (χ0v) is 11.1. The first-order chi connectivity index (χ1) is 8.22. The summed E-state index contributed by atoms with van der Waals surface area (Å²) < 4.78 is 10.0. The third kappa shape index (κ3) is 2.29. The molecular weight excluding hydrogens is 236 g/mol. The molecule has 0 amide bonds. The second kappa shape index (κ2) is 4.51. The van der Waals surface area contributed by atoms with Gasteiger partial charge in [0.1, 0.15) is 5.82 Å². The molecule has 3 rings (SSSR count). The predicted molar refractivity (Wildman–Crippen MR) is 67.6 cm³/mol. The summed E-state index contributed by atoms with van der Waals surface area (Å²) in [5.74, 6) is 1.45. The van der Waals surface area contributed by atoms with Crippen molar-refractivity contribution in [3.8, 4) is 0 Å². The average molecular weight is 254 g/mol. The van der Waals surface area contributed by atoms with Crippen molar-refractivity contribution in [1.29, 1.82) is 0 Å². The molecule has 0 aromatic carbocycles. The number of aromatic nitrogens is 2. The molecule has 2 aliphatic heterocycles. The lowest BCUT2D eigenvalue weighted by atomic mass is 10.1. The Kier molecular flexibility index (Phi) is 3.02. The van der Waals surface area contributed by atoms with Crippen molar-refractivity contribution in [2.24, 2.45) is 5.92 Å². The van der Waals surface area contributed by atoms with Gasteiger partial charge in [-0.1, -0.05) is 0 Å². The van der Waals surface area contributed by atoms with Crippen molar-refractivity contribution >= 4 is 16.7 Å². The molecule has 2 atom stereocenters. The van der Waals surface area contributed by atoms with Crippen LogP contribution in [0, 0.1) is 12.8 Å². The van der Waals surface area contributed by atoms with E-state index < -0.39 is 0 Å². The van der Waals surface area contributed by atoms with Crippen molar-refractivity contribution in [3.05, 3.63) is 5.82 Å². The van der Waals surface area contributed by atoms with Crippen LogP contribution in [0.4, 0.5) is 5.13 Å². The van der Waals surface area contributed by atoms with Gasteiger partial charge in [0.15, 0.2) is 0 Å². The van der Waals surface area contributed by atoms with Gasteiger partial charge in [-0.25, -0.2) is 4.98 Å². The predicted octanol–water partition coefficient (Wildman–Crippen LogP) is 0.613. The van der Waals surface area contributed by atoms with E-state index in [4.69, 9.17) is 4.74 Å². The highest BCUT2D eigenvalue weighted by molar-refractivity contribution is 7.09. The van der Waals surface area contributed by atoms with Crippen LogP contribution < -0.4 is 4.90 Å². The molecule has 0 N–H and O–H groups in total. The molecular formula is C11H18N4OS. The molecule has 6 heteroatoms. The third-order valence-electron chi connectivity index (χ3n) is 3.41. The Balaban J connectivity index is 1.88. The lowest BCUT2D eigenvalue weighted by Crippen LogP contribution is -2.42. The number of hydrogen-bond donors (Lipinski definition) is 0. The summed E-state index contributed by atoms with van der Waals surface area (Å²) in [6.45, 7) is 6.84. The zero-order chi connectivity index (χ0) is 11.8. The Morgan fingerprint density at radius 1 is 1.29 bits per heavy atom. The molecule has 2 fully saturated rings. The van der Waals surface area contributed by atoms with E-state index in [1.54, 1.807) is 0 Å². The van der Waals surface area contributed by atoms with Gasteiger partial charge >= 0.3 is 0 Å². The molecule has 0 saturated carbocycles. The molecule has 5 nitrogen and oxygen atoms in total. The lowest BCUT2D eigenvalue weighted by molar-refractivity contribution is 0.0725. The van der Waals surface area contributed by atoms with Gasteiger partial charge < -0.3 is 14.5 Å². The number of anilines is 1. The molecule has 0 spiro atoms. The normalized spacial score (nSPS) is 30.4. The Bertz CT molecular complexity index is 397. The van der Waals surface area contributed by atoms with Crippen molar-refractivity contribution in [2.75, 3.05) is 44.8 Å². The van der Waals surface area contributed by atoms with Crippen molar-refractivity contribution in [1.82, 2.24) is 14.3 Å². The highest BCUT2D eigenvalue weighted by Gasteiger charge is 2.33. The summed E-state index contributed by atoms with van der Waals surface area (Å²) in [7, 11) is 2.19. The van der Waals surface area contributed by atoms with Crippen LogP contribution in [-0.4, -0.2) is 60.2 Å². The van der Waals surface area contributed by atoms with E-state index >= 15 is 0 Å². The summed E-state index contributed by atoms with van der Waals surface area (Å²) in [5, 5.41) is 1.05. The first kappa shape index (κ1) is 11.4. The number of likely N-dealkylation sites (N-methyl/N-ethyl adjacent to an activating group) is 1. The van der Waals surface area contributed by atoms with Crippen LogP contribution in [0.2, 0.25) is 0 Å². The number of fused-ring (bicyclic) bond motifs is 3. The molecule has 1 aromatic heterocycles. The fourth-order valence-corrected chi connectivity index (χ4v) is 3.47. The van der Waals surface area contributed by atoms with Crippen LogP contribution in [0.25, 0.3) is 0 Å². The number of rotatable bonds is 1. The Hall–Kier alpha value is -0.720. The van der Waals surface area contributed by atoms with Crippen molar-refractivity contribution in [3.63, 3.8) is 0 Å². The molecule has 2 saturated heterocycles. The Morgan fingerprint density at radius 3 is 2.94 bits per heavy atom. The molecule has 2 aliphatic rings. The molecule has 0 unspecified atom stereocenters. The minimum atomic E-state index is 0.417. The SMILES string of the molecule is Cc1nsc(N2C[C@H]3COC[C@@H]2CN(C)C3)n1. The van der Waals surface area contributed by atoms with Crippen LogP contribution in [0.3, 0.4) is 0 Å². The quantitative estimate of drug-likeness (QED) is 0.734. The minimum Gasteiger partial charge on any atom is -0.379 e. The summed E-state index contributed by atoms with van der Waals surface area (Å²) in [6, 6.07) is 0.417. The van der Waals surface area contributed by atoms with Gasteiger partial charge in [-0.15, -0.1) is 0 Å². The average Bonchev–Trinajstić information content (AvgIpc) is 2.50. The smallest absolute Gasteiger partial charge is 0.205 e. The summed E-state index contributed by atoms with van der Waals surface area (Å²) in [6.07, 6.45) is 0. The molecule has 0 aliphatic carbocycles. The van der Waals surface area contributed by atoms with Crippen LogP contribution in [0.5, 0.6) is 0 Å². The molecule has 94 valence electrons. The minimum absolute atomic E-state index is 0.417. The number of hydrogen-bond acceptors (Lipinski definition) is 6. The Morgan fingerprint density at radius 2 is 2.18 bits per heavy atom. The van der Waals surface area contributed by atoms with E-state index in [0.29, 0.717) is 12.0 Å². The lowest BCUT2D eigenvalue weighted by Gasteiger charge is -2.28. The molecule has 1 aromatic rings. The number of ether oxygens (including phenoxy) is 1. The van der Waals surface area contributed by atoms with E-state index in [2.05, 4.69) is 26.2 Å². The first-order valence-electron chi connectivity index (χ1n) is 6.05. The van der Waals surface area contributed by atoms with Gasteiger partial charge in [0.05, 0.1) is 19.3 Å². The van der Waals surface area contributed by atoms with Crippen molar-refractivity contribution in [2.45, 2.75) is 13.0 Å². The molecule has 0 radical (unpaired) electrons. The van der Waals surface area contributed by atoms with Crippen LogP contribution in [0.15, 0.2) is 0 Å². The van der Waals surface area contributed by atoms with E-state index in [0.717, 1.165) is 43.8 Å². The maximum atomic E-state index is 5.76. The standard InChI is InChI=1S/C11H18N4OS/c1-8-12-11(17-13-8)15-4-9-3-14(2)5-10(15)7-16-6-9/h9-10H,3-7H2,1-2H3/t9-,10-/m0/s1. The summed E-state index contributed by atoms with van der Waals surface area (Å²) in [4.78, 5) is 9.32. The zero-order valence-electron chi connectivity index (χ0n) is 10.3. The Labute approximate surface area is 106 Å². The second-order valence-electron chi connectivity index (χ2n) is 5.06. The molecule has 17 heavy (non-hydrogen) atoms. The first-order valence-corrected chi connectivity index (χ1v) is 6.83. The van der Waals surface area contributed by atoms with Gasteiger partial charge in [0.25, 0.3) is 0 Å².